The molecule has 2 aromatic carbocycles. The van der Waals surface area contributed by atoms with Gasteiger partial charge in [0.15, 0.2) is 0 Å². The van der Waals surface area contributed by atoms with Gasteiger partial charge in [0.2, 0.25) is 5.89 Å². The van der Waals surface area contributed by atoms with Crippen LogP contribution < -0.4 is 5.32 Å². The lowest BCUT2D eigenvalue weighted by atomic mass is 10.1. The molecule has 0 saturated heterocycles. The third kappa shape index (κ3) is 3.44. The van der Waals surface area contributed by atoms with Gasteiger partial charge in [0.05, 0.1) is 10.6 Å². The Morgan fingerprint density at radius 1 is 1.12 bits per heavy atom. The van der Waals surface area contributed by atoms with Crippen molar-refractivity contribution in [2.45, 2.75) is 13.8 Å². The molecule has 7 heteroatoms. The third-order valence-electron chi connectivity index (χ3n) is 3.29. The van der Waals surface area contributed by atoms with E-state index >= 15 is 0 Å². The van der Waals surface area contributed by atoms with E-state index in [9.17, 15) is 9.18 Å². The van der Waals surface area contributed by atoms with Crippen LogP contribution in [0.15, 0.2) is 40.8 Å². The van der Waals surface area contributed by atoms with Crippen molar-refractivity contribution >= 4 is 23.5 Å². The van der Waals surface area contributed by atoms with Crippen LogP contribution in [-0.4, -0.2) is 16.1 Å². The van der Waals surface area contributed by atoms with Crippen LogP contribution in [0, 0.1) is 19.7 Å². The molecule has 5 nitrogen and oxygen atoms in total. The van der Waals surface area contributed by atoms with Crippen LogP contribution in [0.4, 0.5) is 10.4 Å². The number of anilines is 1. The molecule has 0 spiro atoms. The Labute approximate surface area is 142 Å². The fourth-order valence-corrected chi connectivity index (χ4v) is 2.58. The largest absolute Gasteiger partial charge is 0.403 e. The Kier molecular flexibility index (Phi) is 4.31. The first-order valence-electron chi connectivity index (χ1n) is 7.11. The van der Waals surface area contributed by atoms with Crippen LogP contribution in [-0.2, 0) is 0 Å². The number of amides is 1. The lowest BCUT2D eigenvalue weighted by Gasteiger charge is -2.03. The van der Waals surface area contributed by atoms with E-state index in [0.717, 1.165) is 28.8 Å². The summed E-state index contributed by atoms with van der Waals surface area (Å²) < 4.78 is 18.5. The maximum atomic E-state index is 13.0. The molecule has 0 bridgehead atoms. The molecule has 1 aromatic heterocycles. The van der Waals surface area contributed by atoms with Gasteiger partial charge in [0, 0.05) is 5.56 Å². The minimum absolute atomic E-state index is 0.00143. The highest BCUT2D eigenvalue weighted by molar-refractivity contribution is 6.34. The number of rotatable bonds is 3. The molecular formula is C17H13ClFN3O2. The van der Waals surface area contributed by atoms with Gasteiger partial charge in [-0.25, -0.2) is 4.39 Å². The van der Waals surface area contributed by atoms with Crippen molar-refractivity contribution in [3.63, 3.8) is 0 Å². The van der Waals surface area contributed by atoms with Gasteiger partial charge in [-0.05, 0) is 44.2 Å². The molecule has 0 atom stereocenters. The Morgan fingerprint density at radius 2 is 1.83 bits per heavy atom. The number of halogens is 2. The van der Waals surface area contributed by atoms with Crippen molar-refractivity contribution in [2.24, 2.45) is 0 Å². The summed E-state index contributed by atoms with van der Waals surface area (Å²) in [5.41, 5.74) is 3.00. The van der Waals surface area contributed by atoms with Crippen LogP contribution in [0.1, 0.15) is 21.5 Å². The highest BCUT2D eigenvalue weighted by Gasteiger charge is 2.15. The van der Waals surface area contributed by atoms with Gasteiger partial charge in [-0.1, -0.05) is 33.9 Å². The summed E-state index contributed by atoms with van der Waals surface area (Å²) in [5.74, 6) is -0.788. The molecule has 0 unspecified atom stereocenters. The Hall–Kier alpha value is -2.73. The van der Waals surface area contributed by atoms with E-state index in [0.29, 0.717) is 5.89 Å². The van der Waals surface area contributed by atoms with E-state index in [-0.39, 0.29) is 16.6 Å². The van der Waals surface area contributed by atoms with Gasteiger partial charge in [0.25, 0.3) is 5.91 Å². The van der Waals surface area contributed by atoms with Gasteiger partial charge in [-0.2, -0.15) is 0 Å². The molecule has 1 heterocycles. The van der Waals surface area contributed by atoms with Gasteiger partial charge in [-0.15, -0.1) is 5.10 Å². The smallest absolute Gasteiger partial charge is 0.322 e. The zero-order valence-corrected chi connectivity index (χ0v) is 13.7. The van der Waals surface area contributed by atoms with E-state index in [2.05, 4.69) is 15.5 Å². The summed E-state index contributed by atoms with van der Waals surface area (Å²) in [5, 5.41) is 10.2. The molecule has 0 fully saturated rings. The number of carbonyl (C=O) groups is 1. The Morgan fingerprint density at radius 3 is 2.50 bits per heavy atom. The number of benzene rings is 2. The summed E-state index contributed by atoms with van der Waals surface area (Å²) in [7, 11) is 0. The van der Waals surface area contributed by atoms with Crippen molar-refractivity contribution in [1.82, 2.24) is 10.2 Å². The second kappa shape index (κ2) is 6.41. The maximum Gasteiger partial charge on any atom is 0.322 e. The third-order valence-corrected chi connectivity index (χ3v) is 3.60. The molecular weight excluding hydrogens is 333 g/mol. The van der Waals surface area contributed by atoms with Gasteiger partial charge in [0.1, 0.15) is 5.82 Å². The first-order valence-corrected chi connectivity index (χ1v) is 7.49. The molecule has 0 radical (unpaired) electrons. The molecule has 3 rings (SSSR count). The SMILES string of the molecule is Cc1cc(C)cc(-c2nnc(NC(=O)c3ccc(F)cc3Cl)o2)c1. The topological polar surface area (TPSA) is 68.0 Å². The number of carbonyl (C=O) groups excluding carboxylic acids is 1. The molecule has 0 aliphatic rings. The number of hydrogen-bond acceptors (Lipinski definition) is 4. The minimum Gasteiger partial charge on any atom is -0.403 e. The van der Waals surface area contributed by atoms with Crippen molar-refractivity contribution in [3.8, 4) is 11.5 Å². The number of aromatic nitrogens is 2. The molecule has 0 saturated carbocycles. The summed E-state index contributed by atoms with van der Waals surface area (Å²) >= 11 is 5.86. The quantitative estimate of drug-likeness (QED) is 0.764. The van der Waals surface area contributed by atoms with Crippen LogP contribution in [0.2, 0.25) is 5.02 Å². The zero-order valence-electron chi connectivity index (χ0n) is 12.9. The van der Waals surface area contributed by atoms with Crippen LogP contribution in [0.25, 0.3) is 11.5 Å². The van der Waals surface area contributed by atoms with Crippen LogP contribution in [0.5, 0.6) is 0 Å². The predicted molar refractivity (Wildman–Crippen MR) is 88.6 cm³/mol. The standard InChI is InChI=1S/C17H13ClFN3O2/c1-9-5-10(2)7-11(6-9)16-21-22-17(24-16)20-15(23)13-4-3-12(19)8-14(13)18/h3-8H,1-2H3,(H,20,22,23). The van der Waals surface area contributed by atoms with E-state index < -0.39 is 11.7 Å². The Balaban J connectivity index is 1.82. The maximum absolute atomic E-state index is 13.0. The molecule has 24 heavy (non-hydrogen) atoms. The number of hydrogen-bond donors (Lipinski definition) is 1. The number of aryl methyl sites for hydroxylation is 2. The van der Waals surface area contributed by atoms with E-state index in [1.807, 2.05) is 32.0 Å². The summed E-state index contributed by atoms with van der Waals surface area (Å²) in [4.78, 5) is 12.2. The van der Waals surface area contributed by atoms with E-state index in [4.69, 9.17) is 16.0 Å². The highest BCUT2D eigenvalue weighted by atomic mass is 35.5. The second-order valence-corrected chi connectivity index (χ2v) is 5.77. The molecule has 0 aliphatic heterocycles. The van der Waals surface area contributed by atoms with Gasteiger partial charge in [-0.3, -0.25) is 10.1 Å². The summed E-state index contributed by atoms with van der Waals surface area (Å²) in [6.07, 6.45) is 0. The molecule has 1 N–H and O–H groups in total. The first kappa shape index (κ1) is 16.1. The average molecular weight is 346 g/mol. The second-order valence-electron chi connectivity index (χ2n) is 5.37. The van der Waals surface area contributed by atoms with Crippen molar-refractivity contribution in [1.29, 1.82) is 0 Å². The number of nitrogens with one attached hydrogen (secondary N) is 1. The van der Waals surface area contributed by atoms with Crippen LogP contribution in [0.3, 0.4) is 0 Å². The molecule has 1 amide bonds. The predicted octanol–water partition coefficient (Wildman–Crippen LogP) is 4.40. The normalized spacial score (nSPS) is 10.7. The molecule has 3 aromatic rings. The van der Waals surface area contributed by atoms with E-state index in [1.165, 1.54) is 6.07 Å². The minimum atomic E-state index is -0.560. The summed E-state index contributed by atoms with van der Waals surface area (Å²) in [6, 6.07) is 9.27. The highest BCUT2D eigenvalue weighted by Crippen LogP contribution is 2.23. The number of nitrogens with zero attached hydrogens (tertiary/aromatic N) is 2. The fraction of sp³-hybridized carbons (Fsp3) is 0.118. The fourth-order valence-electron chi connectivity index (χ4n) is 2.33. The monoisotopic (exact) mass is 345 g/mol. The van der Waals surface area contributed by atoms with Gasteiger partial charge < -0.3 is 4.42 Å². The van der Waals surface area contributed by atoms with Crippen LogP contribution >= 0.6 is 11.6 Å². The zero-order chi connectivity index (χ0) is 17.3. The lowest BCUT2D eigenvalue weighted by molar-refractivity contribution is 0.102. The average Bonchev–Trinajstić information content (AvgIpc) is 2.94. The van der Waals surface area contributed by atoms with Crippen molar-refractivity contribution in [2.75, 3.05) is 5.32 Å². The van der Waals surface area contributed by atoms with E-state index in [1.54, 1.807) is 0 Å². The first-order chi connectivity index (χ1) is 11.4. The van der Waals surface area contributed by atoms with Crippen molar-refractivity contribution in [3.05, 3.63) is 63.9 Å². The van der Waals surface area contributed by atoms with Crippen molar-refractivity contribution < 1.29 is 13.6 Å². The van der Waals surface area contributed by atoms with Gasteiger partial charge >= 0.3 is 6.01 Å². The molecule has 122 valence electrons. The summed E-state index contributed by atoms with van der Waals surface area (Å²) in [6.45, 7) is 3.93. The lowest BCUT2D eigenvalue weighted by Crippen LogP contribution is -2.12. The Bertz CT molecular complexity index is 904. The molecule has 0 aliphatic carbocycles.